The third-order valence-electron chi connectivity index (χ3n) is 2.93. The maximum atomic E-state index is 3.86. The van der Waals surface area contributed by atoms with Crippen molar-refractivity contribution in [2.45, 2.75) is 77.6 Å². The minimum absolute atomic E-state index is 1.10. The first-order valence-corrected chi connectivity index (χ1v) is 7.51. The van der Waals surface area contributed by atoms with Crippen LogP contribution in [0.2, 0.25) is 0 Å². The second kappa shape index (κ2) is 15.5. The summed E-state index contributed by atoms with van der Waals surface area (Å²) in [5.74, 6) is 0. The van der Waals surface area contributed by atoms with Gasteiger partial charge in [-0.2, -0.15) is 0 Å². The Morgan fingerprint density at radius 2 is 1.18 bits per heavy atom. The molecule has 0 N–H and O–H groups in total. The molecular formula is C17H31. The van der Waals surface area contributed by atoms with Crippen LogP contribution in [0.15, 0.2) is 24.3 Å². The Kier molecular flexibility index (Phi) is 15.0. The van der Waals surface area contributed by atoms with Gasteiger partial charge in [0.05, 0.1) is 0 Å². The molecule has 0 spiro atoms. The van der Waals surface area contributed by atoms with E-state index in [4.69, 9.17) is 0 Å². The highest BCUT2D eigenvalue weighted by Crippen LogP contribution is 2.06. The average molecular weight is 235 g/mol. The number of rotatable bonds is 12. The first kappa shape index (κ1) is 16.5. The van der Waals surface area contributed by atoms with E-state index in [1.165, 1.54) is 64.2 Å². The molecule has 0 atom stereocenters. The Hall–Kier alpha value is -0.520. The molecule has 1 radical (unpaired) electrons. The molecule has 0 aliphatic heterocycles. The summed E-state index contributed by atoms with van der Waals surface area (Å²) in [6, 6.07) is 0. The molecule has 17 heavy (non-hydrogen) atoms. The van der Waals surface area contributed by atoms with Crippen molar-refractivity contribution in [3.05, 3.63) is 31.2 Å². The van der Waals surface area contributed by atoms with E-state index in [2.05, 4.69) is 38.2 Å². The predicted molar refractivity (Wildman–Crippen MR) is 80.1 cm³/mol. The summed E-state index contributed by atoms with van der Waals surface area (Å²) in [6.07, 6.45) is 23.4. The lowest BCUT2D eigenvalue weighted by Crippen LogP contribution is -1.76. The molecule has 0 aromatic heterocycles. The van der Waals surface area contributed by atoms with E-state index < -0.39 is 0 Å². The Balaban J connectivity index is 3.11. The third-order valence-corrected chi connectivity index (χ3v) is 2.93. The van der Waals surface area contributed by atoms with Crippen molar-refractivity contribution in [1.82, 2.24) is 0 Å². The lowest BCUT2D eigenvalue weighted by Gasteiger charge is -1.95. The zero-order chi connectivity index (χ0) is 12.6. The van der Waals surface area contributed by atoms with Crippen LogP contribution < -0.4 is 0 Å². The standard InChI is InChI=1S/C17H31/c1-3-5-7-9-11-13-15-17-16-14-12-10-8-6-4-2/h10,12,15,17H,1,3-9,11,13-14,16H2,2H3/b12-10+,17-15+. The Morgan fingerprint density at radius 1 is 0.647 bits per heavy atom. The molecule has 0 nitrogen and oxygen atoms in total. The monoisotopic (exact) mass is 235 g/mol. The first-order chi connectivity index (χ1) is 8.41. The van der Waals surface area contributed by atoms with Gasteiger partial charge in [-0.1, -0.05) is 76.7 Å². The van der Waals surface area contributed by atoms with Crippen LogP contribution >= 0.6 is 0 Å². The summed E-state index contributed by atoms with van der Waals surface area (Å²) in [7, 11) is 0. The van der Waals surface area contributed by atoms with Crippen LogP contribution in [0.25, 0.3) is 0 Å². The van der Waals surface area contributed by atoms with Gasteiger partial charge in [-0.3, -0.25) is 0 Å². The number of unbranched alkanes of at least 4 members (excludes halogenated alkanes) is 8. The van der Waals surface area contributed by atoms with Gasteiger partial charge in [0.15, 0.2) is 0 Å². The van der Waals surface area contributed by atoms with Gasteiger partial charge in [-0.05, 0) is 32.1 Å². The Morgan fingerprint density at radius 3 is 1.76 bits per heavy atom. The summed E-state index contributed by atoms with van der Waals surface area (Å²) >= 11 is 0. The van der Waals surface area contributed by atoms with Gasteiger partial charge < -0.3 is 0 Å². The highest BCUT2D eigenvalue weighted by molar-refractivity contribution is 4.87. The van der Waals surface area contributed by atoms with Crippen molar-refractivity contribution < 1.29 is 0 Å². The van der Waals surface area contributed by atoms with Crippen molar-refractivity contribution in [3.63, 3.8) is 0 Å². The highest BCUT2D eigenvalue weighted by Gasteiger charge is 1.86. The van der Waals surface area contributed by atoms with Gasteiger partial charge in [0.25, 0.3) is 0 Å². The molecule has 0 aromatic carbocycles. The second-order valence-corrected chi connectivity index (χ2v) is 4.72. The van der Waals surface area contributed by atoms with Crippen LogP contribution in [0.1, 0.15) is 77.6 Å². The smallest absolute Gasteiger partial charge is 0.0316 e. The molecular weight excluding hydrogens is 204 g/mol. The summed E-state index contributed by atoms with van der Waals surface area (Å²) in [5.41, 5.74) is 0. The van der Waals surface area contributed by atoms with Crippen molar-refractivity contribution in [3.8, 4) is 0 Å². The summed E-state index contributed by atoms with van der Waals surface area (Å²) in [5, 5.41) is 0. The van der Waals surface area contributed by atoms with Crippen LogP contribution in [0, 0.1) is 6.92 Å². The van der Waals surface area contributed by atoms with Gasteiger partial charge >= 0.3 is 0 Å². The number of hydrogen-bond donors (Lipinski definition) is 0. The number of hydrogen-bond acceptors (Lipinski definition) is 0. The van der Waals surface area contributed by atoms with E-state index in [0.717, 1.165) is 6.42 Å². The van der Waals surface area contributed by atoms with Gasteiger partial charge in [0, 0.05) is 0 Å². The molecule has 99 valence electrons. The molecule has 0 saturated carbocycles. The van der Waals surface area contributed by atoms with Gasteiger partial charge in [0.1, 0.15) is 0 Å². The molecule has 0 heteroatoms. The maximum absolute atomic E-state index is 3.86. The van der Waals surface area contributed by atoms with Crippen LogP contribution in [0.3, 0.4) is 0 Å². The fourth-order valence-corrected chi connectivity index (χ4v) is 1.78. The number of allylic oxidation sites excluding steroid dienone is 4. The van der Waals surface area contributed by atoms with Crippen molar-refractivity contribution in [1.29, 1.82) is 0 Å². The summed E-state index contributed by atoms with van der Waals surface area (Å²) in [4.78, 5) is 0. The van der Waals surface area contributed by atoms with Gasteiger partial charge in [-0.25, -0.2) is 0 Å². The van der Waals surface area contributed by atoms with Crippen LogP contribution in [0.4, 0.5) is 0 Å². The van der Waals surface area contributed by atoms with E-state index in [9.17, 15) is 0 Å². The lowest BCUT2D eigenvalue weighted by molar-refractivity contribution is 0.651. The van der Waals surface area contributed by atoms with E-state index >= 15 is 0 Å². The Bertz CT molecular complexity index is 176. The lowest BCUT2D eigenvalue weighted by atomic mass is 10.1. The highest BCUT2D eigenvalue weighted by atomic mass is 13.9. The fraction of sp³-hybridized carbons (Fsp3) is 0.706. The van der Waals surface area contributed by atoms with Crippen molar-refractivity contribution in [2.24, 2.45) is 0 Å². The molecule has 0 rings (SSSR count). The summed E-state index contributed by atoms with van der Waals surface area (Å²) < 4.78 is 0. The van der Waals surface area contributed by atoms with Crippen LogP contribution in [0.5, 0.6) is 0 Å². The topological polar surface area (TPSA) is 0 Å². The van der Waals surface area contributed by atoms with E-state index in [1.54, 1.807) is 0 Å². The van der Waals surface area contributed by atoms with Gasteiger partial charge in [0.2, 0.25) is 0 Å². The van der Waals surface area contributed by atoms with E-state index in [1.807, 2.05) is 0 Å². The molecule has 0 saturated heterocycles. The zero-order valence-electron chi connectivity index (χ0n) is 11.8. The van der Waals surface area contributed by atoms with Crippen LogP contribution in [-0.2, 0) is 0 Å². The van der Waals surface area contributed by atoms with E-state index in [-0.39, 0.29) is 0 Å². The molecule has 0 aliphatic rings. The van der Waals surface area contributed by atoms with Crippen LogP contribution in [-0.4, -0.2) is 0 Å². The zero-order valence-corrected chi connectivity index (χ0v) is 11.8. The van der Waals surface area contributed by atoms with Crippen molar-refractivity contribution in [2.75, 3.05) is 0 Å². The van der Waals surface area contributed by atoms with Gasteiger partial charge in [-0.15, -0.1) is 0 Å². The van der Waals surface area contributed by atoms with Crippen molar-refractivity contribution >= 4 is 0 Å². The minimum Gasteiger partial charge on any atom is -0.0885 e. The average Bonchev–Trinajstić information content (AvgIpc) is 2.35. The normalized spacial score (nSPS) is 11.9. The molecule has 0 bridgehead atoms. The quantitative estimate of drug-likeness (QED) is 0.277. The Labute approximate surface area is 109 Å². The molecule has 0 aromatic rings. The molecule has 0 fully saturated rings. The molecule has 0 heterocycles. The predicted octanol–water partition coefficient (Wildman–Crippen LogP) is 6.24. The third kappa shape index (κ3) is 15.5. The SMILES string of the molecule is [CH2]CCCCCC/C=C/CC/C=C/CCCC. The second-order valence-electron chi connectivity index (χ2n) is 4.72. The summed E-state index contributed by atoms with van der Waals surface area (Å²) in [6.45, 7) is 6.10. The first-order valence-electron chi connectivity index (χ1n) is 7.51. The maximum Gasteiger partial charge on any atom is -0.0316 e. The molecule has 0 unspecified atom stereocenters. The molecule has 0 amide bonds. The fourth-order valence-electron chi connectivity index (χ4n) is 1.78. The van der Waals surface area contributed by atoms with E-state index in [0.29, 0.717) is 0 Å². The molecule has 0 aliphatic carbocycles. The largest absolute Gasteiger partial charge is 0.0885 e. The minimum atomic E-state index is 1.10.